The van der Waals surface area contributed by atoms with Gasteiger partial charge in [0.25, 0.3) is 5.91 Å². The summed E-state index contributed by atoms with van der Waals surface area (Å²) < 4.78 is 0. The van der Waals surface area contributed by atoms with Crippen LogP contribution >= 0.6 is 11.8 Å². The molecule has 0 spiro atoms. The van der Waals surface area contributed by atoms with Crippen LogP contribution in [0.2, 0.25) is 0 Å². The van der Waals surface area contributed by atoms with Gasteiger partial charge in [0.2, 0.25) is 5.91 Å². The van der Waals surface area contributed by atoms with Gasteiger partial charge in [0.1, 0.15) is 0 Å². The quantitative estimate of drug-likeness (QED) is 0.908. The maximum absolute atomic E-state index is 12.2. The fourth-order valence-corrected chi connectivity index (χ4v) is 3.35. The fourth-order valence-electron chi connectivity index (χ4n) is 2.42. The molecule has 0 saturated heterocycles. The van der Waals surface area contributed by atoms with Gasteiger partial charge in [-0.15, -0.1) is 11.8 Å². The number of carbonyl (C=O) groups excluding carboxylic acids is 2. The van der Waals surface area contributed by atoms with E-state index in [1.807, 2.05) is 43.3 Å². The van der Waals surface area contributed by atoms with E-state index in [-0.39, 0.29) is 17.1 Å². The molecule has 3 rings (SSSR count). The number of hydrogen-bond donors (Lipinski definition) is 2. The normalized spacial score (nSPS) is 16.4. The highest BCUT2D eigenvalue weighted by atomic mass is 32.2. The molecule has 0 fully saturated rings. The number of amides is 2. The average Bonchev–Trinajstić information content (AvgIpc) is 2.56. The van der Waals surface area contributed by atoms with E-state index in [0.717, 1.165) is 11.3 Å². The van der Waals surface area contributed by atoms with E-state index in [4.69, 9.17) is 0 Å². The third-order valence-corrected chi connectivity index (χ3v) is 4.89. The molecule has 2 amide bonds. The Hall–Kier alpha value is -2.27. The lowest BCUT2D eigenvalue weighted by molar-refractivity contribution is -0.115. The Morgan fingerprint density at radius 1 is 1.22 bits per heavy atom. The van der Waals surface area contributed by atoms with Gasteiger partial charge in [-0.1, -0.05) is 30.3 Å². The minimum Gasteiger partial charge on any atom is -0.352 e. The van der Waals surface area contributed by atoms with Crippen LogP contribution in [0.25, 0.3) is 0 Å². The molecule has 4 nitrogen and oxygen atoms in total. The van der Waals surface area contributed by atoms with Crippen molar-refractivity contribution in [3.8, 4) is 0 Å². The summed E-state index contributed by atoms with van der Waals surface area (Å²) in [4.78, 5) is 25.0. The highest BCUT2D eigenvalue weighted by Crippen LogP contribution is 2.35. The van der Waals surface area contributed by atoms with E-state index in [9.17, 15) is 9.59 Å². The van der Waals surface area contributed by atoms with Gasteiger partial charge in [-0.25, -0.2) is 0 Å². The van der Waals surface area contributed by atoms with Crippen molar-refractivity contribution in [1.82, 2.24) is 5.32 Å². The minimum atomic E-state index is -0.124. The predicted molar refractivity (Wildman–Crippen MR) is 92.9 cm³/mol. The highest BCUT2D eigenvalue weighted by Gasteiger charge is 2.23. The maximum atomic E-state index is 12.2. The standard InChI is InChI=1S/C18H18N2O2S/c1-12-17(21)20-15-11-14(7-8-16(15)23-12)18(22)19-10-9-13-5-3-2-4-6-13/h2-8,11-12H,9-10H2,1H3,(H,19,22)(H,20,21)/t12-/m1/s1. The second kappa shape index (κ2) is 6.87. The molecular weight excluding hydrogens is 308 g/mol. The number of thioether (sulfide) groups is 1. The van der Waals surface area contributed by atoms with Crippen LogP contribution in [0.5, 0.6) is 0 Å². The monoisotopic (exact) mass is 326 g/mol. The number of rotatable bonds is 4. The van der Waals surface area contributed by atoms with Crippen molar-refractivity contribution in [1.29, 1.82) is 0 Å². The first-order chi connectivity index (χ1) is 11.1. The van der Waals surface area contributed by atoms with Crippen LogP contribution in [-0.4, -0.2) is 23.6 Å². The topological polar surface area (TPSA) is 58.2 Å². The summed E-state index contributed by atoms with van der Waals surface area (Å²) in [5, 5.41) is 5.66. The van der Waals surface area contributed by atoms with Crippen molar-refractivity contribution in [2.75, 3.05) is 11.9 Å². The second-order valence-electron chi connectivity index (χ2n) is 5.45. The summed E-state index contributed by atoms with van der Waals surface area (Å²) in [6.45, 7) is 2.45. The van der Waals surface area contributed by atoms with Crippen molar-refractivity contribution >= 4 is 29.3 Å². The Kier molecular flexibility index (Phi) is 4.67. The number of hydrogen-bond acceptors (Lipinski definition) is 3. The molecule has 1 aliphatic rings. The van der Waals surface area contributed by atoms with Crippen LogP contribution in [-0.2, 0) is 11.2 Å². The van der Waals surface area contributed by atoms with Crippen LogP contribution in [0, 0.1) is 0 Å². The van der Waals surface area contributed by atoms with E-state index in [0.29, 0.717) is 17.8 Å². The lowest BCUT2D eigenvalue weighted by atomic mass is 10.1. The predicted octanol–water partition coefficient (Wildman–Crippen LogP) is 3.09. The van der Waals surface area contributed by atoms with Gasteiger partial charge < -0.3 is 10.6 Å². The van der Waals surface area contributed by atoms with Gasteiger partial charge in [-0.2, -0.15) is 0 Å². The smallest absolute Gasteiger partial charge is 0.251 e. The summed E-state index contributed by atoms with van der Waals surface area (Å²) in [6.07, 6.45) is 0.793. The Morgan fingerprint density at radius 2 is 2.00 bits per heavy atom. The largest absolute Gasteiger partial charge is 0.352 e. The minimum absolute atomic E-state index is 0.0239. The van der Waals surface area contributed by atoms with Gasteiger partial charge in [0, 0.05) is 17.0 Å². The number of carbonyl (C=O) groups is 2. The molecule has 0 unspecified atom stereocenters. The molecule has 0 saturated carbocycles. The van der Waals surface area contributed by atoms with Crippen molar-refractivity contribution in [2.24, 2.45) is 0 Å². The van der Waals surface area contributed by atoms with Gasteiger partial charge in [-0.3, -0.25) is 9.59 Å². The summed E-state index contributed by atoms with van der Waals surface area (Å²) in [7, 11) is 0. The summed E-state index contributed by atoms with van der Waals surface area (Å²) in [5.41, 5.74) is 2.47. The van der Waals surface area contributed by atoms with Crippen LogP contribution in [0.3, 0.4) is 0 Å². The first-order valence-electron chi connectivity index (χ1n) is 7.57. The third-order valence-electron chi connectivity index (χ3n) is 3.71. The molecule has 5 heteroatoms. The number of fused-ring (bicyclic) bond motifs is 1. The van der Waals surface area contributed by atoms with Crippen molar-refractivity contribution in [3.05, 3.63) is 59.7 Å². The zero-order valence-electron chi connectivity index (χ0n) is 12.8. The van der Waals surface area contributed by atoms with E-state index in [2.05, 4.69) is 10.6 Å². The summed E-state index contributed by atoms with van der Waals surface area (Å²) in [6, 6.07) is 15.5. The molecule has 1 atom stereocenters. The molecule has 1 heterocycles. The Bertz CT molecular complexity index is 731. The van der Waals surface area contributed by atoms with Gasteiger partial charge >= 0.3 is 0 Å². The molecule has 0 aromatic heterocycles. The van der Waals surface area contributed by atoms with Gasteiger partial charge in [0.05, 0.1) is 10.9 Å². The second-order valence-corrected chi connectivity index (χ2v) is 6.83. The van der Waals surface area contributed by atoms with Crippen LogP contribution in [0.15, 0.2) is 53.4 Å². The van der Waals surface area contributed by atoms with Crippen molar-refractivity contribution < 1.29 is 9.59 Å². The van der Waals surface area contributed by atoms with Crippen LogP contribution in [0.4, 0.5) is 5.69 Å². The van der Waals surface area contributed by atoms with Crippen LogP contribution < -0.4 is 10.6 Å². The van der Waals surface area contributed by atoms with Crippen LogP contribution in [0.1, 0.15) is 22.8 Å². The molecule has 0 bridgehead atoms. The average molecular weight is 326 g/mol. The summed E-state index contributed by atoms with van der Waals surface area (Å²) in [5.74, 6) is -0.147. The summed E-state index contributed by atoms with van der Waals surface area (Å²) >= 11 is 1.51. The molecule has 2 aromatic rings. The zero-order valence-corrected chi connectivity index (χ0v) is 13.7. The Labute approximate surface area is 139 Å². The van der Waals surface area contributed by atoms with Gasteiger partial charge in [-0.05, 0) is 37.1 Å². The van der Waals surface area contributed by atoms with Gasteiger partial charge in [0.15, 0.2) is 0 Å². The molecule has 0 radical (unpaired) electrons. The fraction of sp³-hybridized carbons (Fsp3) is 0.222. The lowest BCUT2D eigenvalue weighted by Gasteiger charge is -2.21. The molecule has 118 valence electrons. The third kappa shape index (κ3) is 3.74. The van der Waals surface area contributed by atoms with E-state index in [1.165, 1.54) is 17.3 Å². The molecule has 2 aromatic carbocycles. The Balaban J connectivity index is 1.62. The zero-order chi connectivity index (χ0) is 16.2. The number of nitrogens with one attached hydrogen (secondary N) is 2. The Morgan fingerprint density at radius 3 is 2.78 bits per heavy atom. The molecule has 23 heavy (non-hydrogen) atoms. The number of benzene rings is 2. The van der Waals surface area contributed by atoms with E-state index in [1.54, 1.807) is 12.1 Å². The molecule has 1 aliphatic heterocycles. The van der Waals surface area contributed by atoms with Crippen molar-refractivity contribution in [3.63, 3.8) is 0 Å². The van der Waals surface area contributed by atoms with Crippen molar-refractivity contribution in [2.45, 2.75) is 23.5 Å². The van der Waals surface area contributed by atoms with E-state index < -0.39 is 0 Å². The van der Waals surface area contributed by atoms with E-state index >= 15 is 0 Å². The first kappa shape index (κ1) is 15.6. The molecular formula is C18H18N2O2S. The first-order valence-corrected chi connectivity index (χ1v) is 8.45. The highest BCUT2D eigenvalue weighted by molar-refractivity contribution is 8.00. The molecule has 0 aliphatic carbocycles. The molecule has 2 N–H and O–H groups in total. The lowest BCUT2D eigenvalue weighted by Crippen LogP contribution is -2.28. The SMILES string of the molecule is C[C@H]1Sc2ccc(C(=O)NCCc3ccccc3)cc2NC1=O. The maximum Gasteiger partial charge on any atom is 0.251 e. The number of anilines is 1.